The number of hydrogen-bond donors (Lipinski definition) is 1. The fourth-order valence-electron chi connectivity index (χ4n) is 1.85. The summed E-state index contributed by atoms with van der Waals surface area (Å²) < 4.78 is 10.5. The third-order valence-corrected chi connectivity index (χ3v) is 3.10. The fourth-order valence-corrected chi connectivity index (χ4v) is 2.29. The van der Waals surface area contributed by atoms with Gasteiger partial charge in [0, 0.05) is 19.7 Å². The number of morpholine rings is 1. The molecule has 4 nitrogen and oxygen atoms in total. The second kappa shape index (κ2) is 7.04. The highest BCUT2D eigenvalue weighted by molar-refractivity contribution is 7.80. The van der Waals surface area contributed by atoms with Gasteiger partial charge in [-0.2, -0.15) is 0 Å². The Hall–Kier alpha value is -0.390. The summed E-state index contributed by atoms with van der Waals surface area (Å²) in [4.78, 5) is 2.23. The van der Waals surface area contributed by atoms with Crippen molar-refractivity contribution >= 4 is 17.3 Å². The zero-order valence-electron chi connectivity index (χ0n) is 10.4. The van der Waals surface area contributed by atoms with Crippen LogP contribution in [0.4, 0.5) is 0 Å². The summed E-state index contributed by atoms with van der Waals surface area (Å²) >= 11 is 5.41. The molecule has 2 unspecified atom stereocenters. The topological polar surface area (TPSA) is 33.7 Å². The van der Waals surface area contributed by atoms with Crippen molar-refractivity contribution in [3.05, 3.63) is 0 Å². The highest BCUT2D eigenvalue weighted by Crippen LogP contribution is 2.10. The summed E-state index contributed by atoms with van der Waals surface area (Å²) in [6.07, 6.45) is 1.06. The van der Waals surface area contributed by atoms with Crippen LogP contribution < -0.4 is 5.32 Å². The molecule has 0 bridgehead atoms. The van der Waals surface area contributed by atoms with Gasteiger partial charge in [0.1, 0.15) is 0 Å². The minimum atomic E-state index is 0.248. The van der Waals surface area contributed by atoms with Gasteiger partial charge in [0.2, 0.25) is 0 Å². The van der Waals surface area contributed by atoms with Crippen LogP contribution in [-0.4, -0.2) is 55.6 Å². The van der Waals surface area contributed by atoms with Crippen molar-refractivity contribution in [1.82, 2.24) is 10.2 Å². The summed E-state index contributed by atoms with van der Waals surface area (Å²) in [6, 6.07) is 0.654. The van der Waals surface area contributed by atoms with E-state index < -0.39 is 0 Å². The molecule has 0 amide bonds. The third kappa shape index (κ3) is 3.88. The normalized spacial score (nSPS) is 22.9. The molecule has 0 aromatic rings. The van der Waals surface area contributed by atoms with Crippen LogP contribution in [0.2, 0.25) is 0 Å². The van der Waals surface area contributed by atoms with Gasteiger partial charge in [-0.15, -0.1) is 0 Å². The molecule has 0 spiro atoms. The molecular formula is C11H22N2O2S. The van der Waals surface area contributed by atoms with Crippen LogP contribution >= 0.6 is 12.2 Å². The Morgan fingerprint density at radius 3 is 3.06 bits per heavy atom. The maximum absolute atomic E-state index is 5.45. The van der Waals surface area contributed by atoms with Gasteiger partial charge >= 0.3 is 0 Å². The third-order valence-electron chi connectivity index (χ3n) is 2.75. The number of methoxy groups -OCH3 is 1. The second-order valence-electron chi connectivity index (χ2n) is 4.14. The smallest absolute Gasteiger partial charge is 0.169 e. The van der Waals surface area contributed by atoms with Crippen molar-refractivity contribution in [2.75, 3.05) is 33.5 Å². The predicted molar refractivity (Wildman–Crippen MR) is 68.7 cm³/mol. The number of thiocarbonyl (C=S) groups is 1. The summed E-state index contributed by atoms with van der Waals surface area (Å²) in [6.45, 7) is 7.31. The van der Waals surface area contributed by atoms with Crippen LogP contribution in [0.3, 0.4) is 0 Å². The second-order valence-corrected chi connectivity index (χ2v) is 4.52. The molecule has 5 heteroatoms. The molecule has 1 N–H and O–H groups in total. The highest BCUT2D eigenvalue weighted by atomic mass is 32.1. The van der Waals surface area contributed by atoms with Crippen molar-refractivity contribution in [2.24, 2.45) is 0 Å². The Balaban J connectivity index is 2.44. The van der Waals surface area contributed by atoms with Gasteiger partial charge in [0.15, 0.2) is 5.11 Å². The number of hydrogen-bond acceptors (Lipinski definition) is 3. The van der Waals surface area contributed by atoms with E-state index in [1.165, 1.54) is 0 Å². The maximum atomic E-state index is 5.45. The zero-order chi connectivity index (χ0) is 12.0. The first-order chi connectivity index (χ1) is 7.69. The highest BCUT2D eigenvalue weighted by Gasteiger charge is 2.23. The van der Waals surface area contributed by atoms with E-state index >= 15 is 0 Å². The van der Waals surface area contributed by atoms with Crippen molar-refractivity contribution < 1.29 is 9.47 Å². The van der Waals surface area contributed by atoms with E-state index in [1.54, 1.807) is 7.11 Å². The summed E-state index contributed by atoms with van der Waals surface area (Å²) in [7, 11) is 1.70. The molecule has 1 rings (SSSR count). The van der Waals surface area contributed by atoms with Crippen LogP contribution in [0, 0.1) is 0 Å². The van der Waals surface area contributed by atoms with Crippen LogP contribution in [0.15, 0.2) is 0 Å². The lowest BCUT2D eigenvalue weighted by atomic mass is 10.2. The lowest BCUT2D eigenvalue weighted by molar-refractivity contribution is 0.0243. The van der Waals surface area contributed by atoms with E-state index in [2.05, 4.69) is 24.1 Å². The monoisotopic (exact) mass is 246 g/mol. The van der Waals surface area contributed by atoms with E-state index in [1.807, 2.05) is 0 Å². The molecule has 1 fully saturated rings. The Kier molecular flexibility index (Phi) is 6.01. The number of rotatable bonds is 4. The Morgan fingerprint density at radius 1 is 1.69 bits per heavy atom. The van der Waals surface area contributed by atoms with E-state index in [4.69, 9.17) is 21.7 Å². The molecule has 0 aromatic carbocycles. The first-order valence-electron chi connectivity index (χ1n) is 5.82. The van der Waals surface area contributed by atoms with Gasteiger partial charge in [-0.25, -0.2) is 0 Å². The van der Waals surface area contributed by atoms with Crippen molar-refractivity contribution in [1.29, 1.82) is 0 Å². The quantitative estimate of drug-likeness (QED) is 0.749. The SMILES string of the molecule is CCC1COCCN1C(=S)NC(C)COC. The molecule has 94 valence electrons. The van der Waals surface area contributed by atoms with Gasteiger partial charge in [-0.1, -0.05) is 6.92 Å². The number of ether oxygens (including phenoxy) is 2. The average molecular weight is 246 g/mol. The average Bonchev–Trinajstić information content (AvgIpc) is 2.29. The minimum absolute atomic E-state index is 0.248. The molecule has 2 atom stereocenters. The summed E-state index contributed by atoms with van der Waals surface area (Å²) in [5.41, 5.74) is 0. The molecule has 1 aliphatic rings. The molecule has 1 heterocycles. The van der Waals surface area contributed by atoms with E-state index in [0.29, 0.717) is 12.6 Å². The van der Waals surface area contributed by atoms with Crippen LogP contribution in [0.5, 0.6) is 0 Å². The van der Waals surface area contributed by atoms with Crippen molar-refractivity contribution in [2.45, 2.75) is 32.4 Å². The van der Waals surface area contributed by atoms with Crippen LogP contribution in [-0.2, 0) is 9.47 Å². The summed E-state index contributed by atoms with van der Waals surface area (Å²) in [5.74, 6) is 0. The Labute approximate surface area is 103 Å². The summed E-state index contributed by atoms with van der Waals surface area (Å²) in [5, 5.41) is 4.11. The van der Waals surface area contributed by atoms with Gasteiger partial charge in [-0.3, -0.25) is 0 Å². The van der Waals surface area contributed by atoms with Gasteiger partial charge in [0.25, 0.3) is 0 Å². The fraction of sp³-hybridized carbons (Fsp3) is 0.909. The molecule has 1 saturated heterocycles. The molecular weight excluding hydrogens is 224 g/mol. The molecule has 16 heavy (non-hydrogen) atoms. The molecule has 0 aliphatic carbocycles. The van der Waals surface area contributed by atoms with Crippen molar-refractivity contribution in [3.63, 3.8) is 0 Å². The lowest BCUT2D eigenvalue weighted by Gasteiger charge is -2.37. The first kappa shape index (κ1) is 13.7. The van der Waals surface area contributed by atoms with E-state index in [-0.39, 0.29) is 6.04 Å². The standard InChI is InChI=1S/C11H22N2O2S/c1-4-10-8-15-6-5-13(10)11(16)12-9(2)7-14-3/h9-10H,4-8H2,1-3H3,(H,12,16). The van der Waals surface area contributed by atoms with Crippen LogP contribution in [0.25, 0.3) is 0 Å². The number of nitrogens with zero attached hydrogens (tertiary/aromatic N) is 1. The first-order valence-corrected chi connectivity index (χ1v) is 6.23. The van der Waals surface area contributed by atoms with Crippen LogP contribution in [0.1, 0.15) is 20.3 Å². The largest absolute Gasteiger partial charge is 0.383 e. The van der Waals surface area contributed by atoms with E-state index in [9.17, 15) is 0 Å². The van der Waals surface area contributed by atoms with Crippen molar-refractivity contribution in [3.8, 4) is 0 Å². The van der Waals surface area contributed by atoms with Gasteiger partial charge in [-0.05, 0) is 25.6 Å². The van der Waals surface area contributed by atoms with Gasteiger partial charge in [0.05, 0.1) is 25.9 Å². The number of nitrogens with one attached hydrogen (secondary N) is 1. The molecule has 0 saturated carbocycles. The molecule has 0 radical (unpaired) electrons. The Morgan fingerprint density at radius 2 is 2.44 bits per heavy atom. The maximum Gasteiger partial charge on any atom is 0.169 e. The lowest BCUT2D eigenvalue weighted by Crippen LogP contribution is -2.54. The molecule has 0 aromatic heterocycles. The van der Waals surface area contributed by atoms with E-state index in [0.717, 1.165) is 31.3 Å². The zero-order valence-corrected chi connectivity index (χ0v) is 11.2. The minimum Gasteiger partial charge on any atom is -0.383 e. The van der Waals surface area contributed by atoms with Gasteiger partial charge < -0.3 is 19.7 Å². The molecule has 1 aliphatic heterocycles. The predicted octanol–water partition coefficient (Wildman–Crippen LogP) is 1.01. The Bertz CT molecular complexity index is 226.